The number of halogens is 2. The van der Waals surface area contributed by atoms with Gasteiger partial charge in [0.25, 0.3) is 0 Å². The van der Waals surface area contributed by atoms with E-state index in [1.165, 1.54) is 12.1 Å². The first-order valence-electron chi connectivity index (χ1n) is 6.49. The zero-order valence-electron chi connectivity index (χ0n) is 10.9. The van der Waals surface area contributed by atoms with Gasteiger partial charge in [0.2, 0.25) is 0 Å². The molecule has 2 nitrogen and oxygen atoms in total. The second-order valence-corrected chi connectivity index (χ2v) is 6.20. The third-order valence-electron chi connectivity index (χ3n) is 3.59. The molecular weight excluding hydrogens is 321 g/mol. The number of hydrogen-bond acceptors (Lipinski definition) is 2. The van der Waals surface area contributed by atoms with Gasteiger partial charge in [-0.1, -0.05) is 40.2 Å². The number of nitrogens with two attached hydrogens (primary N) is 1. The Morgan fingerprint density at radius 2 is 2.05 bits per heavy atom. The molecule has 0 bridgehead atoms. The normalized spacial score (nSPS) is 21.1. The molecule has 0 spiro atoms. The lowest BCUT2D eigenvalue weighted by Gasteiger charge is -2.35. The van der Waals surface area contributed by atoms with Crippen molar-refractivity contribution in [3.8, 4) is 5.75 Å². The topological polar surface area (TPSA) is 35.2 Å². The maximum absolute atomic E-state index is 13.1. The van der Waals surface area contributed by atoms with Crippen molar-refractivity contribution in [2.45, 2.75) is 18.4 Å². The highest BCUT2D eigenvalue weighted by atomic mass is 79.9. The van der Waals surface area contributed by atoms with Crippen LogP contribution in [0.4, 0.5) is 4.39 Å². The quantitative estimate of drug-likeness (QED) is 0.912. The summed E-state index contributed by atoms with van der Waals surface area (Å²) >= 11 is 3.39. The molecule has 2 aromatic carbocycles. The summed E-state index contributed by atoms with van der Waals surface area (Å²) in [6.45, 7) is 0.466. The maximum Gasteiger partial charge on any atom is 0.124 e. The summed E-state index contributed by atoms with van der Waals surface area (Å²) in [6, 6.07) is 12.6. The van der Waals surface area contributed by atoms with E-state index in [4.69, 9.17) is 10.5 Å². The van der Waals surface area contributed by atoms with E-state index >= 15 is 0 Å². The minimum absolute atomic E-state index is 0.253. The van der Waals surface area contributed by atoms with Crippen molar-refractivity contribution in [2.75, 3.05) is 6.61 Å². The van der Waals surface area contributed by atoms with Crippen LogP contribution < -0.4 is 10.5 Å². The van der Waals surface area contributed by atoms with Gasteiger partial charge in [-0.3, -0.25) is 0 Å². The third-order valence-corrected chi connectivity index (χ3v) is 4.33. The van der Waals surface area contributed by atoms with Crippen LogP contribution in [0.3, 0.4) is 0 Å². The van der Waals surface area contributed by atoms with Gasteiger partial charge in [-0.05, 0) is 42.2 Å². The average molecular weight is 336 g/mol. The van der Waals surface area contributed by atoms with E-state index in [1.807, 2.05) is 24.3 Å². The number of hydrogen-bond donors (Lipinski definition) is 1. The zero-order valence-corrected chi connectivity index (χ0v) is 12.5. The highest BCUT2D eigenvalue weighted by Gasteiger charge is 2.32. The number of fused-ring (bicyclic) bond motifs is 1. The molecule has 0 radical (unpaired) electrons. The van der Waals surface area contributed by atoms with Crippen LogP contribution in [0.25, 0.3) is 0 Å². The van der Waals surface area contributed by atoms with Crippen molar-refractivity contribution in [1.82, 2.24) is 0 Å². The van der Waals surface area contributed by atoms with E-state index in [2.05, 4.69) is 15.9 Å². The van der Waals surface area contributed by atoms with E-state index in [9.17, 15) is 4.39 Å². The monoisotopic (exact) mass is 335 g/mol. The Balaban J connectivity index is 1.84. The van der Waals surface area contributed by atoms with Crippen LogP contribution in [0, 0.1) is 5.82 Å². The van der Waals surface area contributed by atoms with Gasteiger partial charge >= 0.3 is 0 Å². The lowest BCUT2D eigenvalue weighted by molar-refractivity contribution is 0.189. The molecule has 1 aliphatic heterocycles. The maximum atomic E-state index is 13.1. The fraction of sp³-hybridized carbons (Fsp3) is 0.250. The molecule has 1 heterocycles. The van der Waals surface area contributed by atoms with Crippen LogP contribution in [0.2, 0.25) is 0 Å². The molecule has 1 atom stereocenters. The Labute approximate surface area is 125 Å². The van der Waals surface area contributed by atoms with Crippen molar-refractivity contribution in [2.24, 2.45) is 5.73 Å². The Bertz CT molecular complexity index is 646. The van der Waals surface area contributed by atoms with Crippen molar-refractivity contribution >= 4 is 15.9 Å². The SMILES string of the molecule is NC1(Cc2ccc(F)cc2Br)COc2ccccc2C1. The van der Waals surface area contributed by atoms with E-state index in [0.717, 1.165) is 27.8 Å². The second-order valence-electron chi connectivity index (χ2n) is 5.35. The van der Waals surface area contributed by atoms with Crippen molar-refractivity contribution in [1.29, 1.82) is 0 Å². The molecule has 0 saturated heterocycles. The summed E-state index contributed by atoms with van der Waals surface area (Å²) in [5.41, 5.74) is 8.13. The van der Waals surface area contributed by atoms with Crippen LogP contribution in [0.1, 0.15) is 11.1 Å². The summed E-state index contributed by atoms with van der Waals surface area (Å²) in [7, 11) is 0. The molecule has 1 unspecified atom stereocenters. The van der Waals surface area contributed by atoms with E-state index < -0.39 is 5.54 Å². The van der Waals surface area contributed by atoms with Crippen molar-refractivity contribution < 1.29 is 9.13 Å². The van der Waals surface area contributed by atoms with Gasteiger partial charge in [0.05, 0.1) is 5.54 Å². The van der Waals surface area contributed by atoms with Crippen LogP contribution in [0.15, 0.2) is 46.9 Å². The summed E-state index contributed by atoms with van der Waals surface area (Å²) in [4.78, 5) is 0. The number of ether oxygens (including phenoxy) is 1. The fourth-order valence-electron chi connectivity index (χ4n) is 2.60. The standard InChI is InChI=1S/C16H15BrFNO/c17-14-7-13(18)6-5-11(14)8-16(19)9-12-3-1-2-4-15(12)20-10-16/h1-7H,8-10,19H2. The minimum atomic E-state index is -0.464. The highest BCUT2D eigenvalue weighted by molar-refractivity contribution is 9.10. The molecule has 0 fully saturated rings. The second kappa shape index (κ2) is 5.19. The molecule has 4 heteroatoms. The smallest absolute Gasteiger partial charge is 0.124 e. The molecule has 0 aromatic heterocycles. The van der Waals surface area contributed by atoms with Crippen LogP contribution in [-0.2, 0) is 12.8 Å². The molecule has 2 aromatic rings. The van der Waals surface area contributed by atoms with Crippen molar-refractivity contribution in [3.63, 3.8) is 0 Å². The summed E-state index contributed by atoms with van der Waals surface area (Å²) in [5, 5.41) is 0. The molecule has 0 aliphatic carbocycles. The first kappa shape index (κ1) is 13.6. The number of rotatable bonds is 2. The molecule has 2 N–H and O–H groups in total. The predicted molar refractivity (Wildman–Crippen MR) is 80.4 cm³/mol. The van der Waals surface area contributed by atoms with Gasteiger partial charge in [-0.15, -0.1) is 0 Å². The molecule has 3 rings (SSSR count). The van der Waals surface area contributed by atoms with E-state index in [0.29, 0.717) is 13.0 Å². The summed E-state index contributed by atoms with van der Waals surface area (Å²) < 4.78 is 19.6. The molecule has 20 heavy (non-hydrogen) atoms. The van der Waals surface area contributed by atoms with Gasteiger partial charge in [0.15, 0.2) is 0 Å². The highest BCUT2D eigenvalue weighted by Crippen LogP contribution is 2.31. The lowest BCUT2D eigenvalue weighted by atomic mass is 9.84. The van der Waals surface area contributed by atoms with Gasteiger partial charge in [0, 0.05) is 4.47 Å². The van der Waals surface area contributed by atoms with Crippen LogP contribution >= 0.6 is 15.9 Å². The van der Waals surface area contributed by atoms with Gasteiger partial charge < -0.3 is 10.5 Å². The molecular formula is C16H15BrFNO. The molecule has 0 saturated carbocycles. The molecule has 0 amide bonds. The minimum Gasteiger partial charge on any atom is -0.491 e. The number of para-hydroxylation sites is 1. The molecule has 1 aliphatic rings. The first-order valence-corrected chi connectivity index (χ1v) is 7.29. The number of benzene rings is 2. The Morgan fingerprint density at radius 3 is 2.85 bits per heavy atom. The Hall–Kier alpha value is -1.39. The van der Waals surface area contributed by atoms with E-state index in [1.54, 1.807) is 6.07 Å². The van der Waals surface area contributed by atoms with Gasteiger partial charge in [-0.25, -0.2) is 4.39 Å². The predicted octanol–water partition coefficient (Wildman–Crippen LogP) is 3.46. The van der Waals surface area contributed by atoms with E-state index in [-0.39, 0.29) is 5.82 Å². The largest absolute Gasteiger partial charge is 0.491 e. The lowest BCUT2D eigenvalue weighted by Crippen LogP contribution is -2.51. The zero-order chi connectivity index (χ0) is 14.2. The fourth-order valence-corrected chi connectivity index (χ4v) is 3.09. The van der Waals surface area contributed by atoms with Crippen LogP contribution in [0.5, 0.6) is 5.75 Å². The van der Waals surface area contributed by atoms with Gasteiger partial charge in [0.1, 0.15) is 18.2 Å². The summed E-state index contributed by atoms with van der Waals surface area (Å²) in [5.74, 6) is 0.656. The first-order chi connectivity index (χ1) is 9.56. The average Bonchev–Trinajstić information content (AvgIpc) is 2.42. The Morgan fingerprint density at radius 1 is 1.25 bits per heavy atom. The Kier molecular flexibility index (Phi) is 3.52. The molecule has 104 valence electrons. The summed E-state index contributed by atoms with van der Waals surface area (Å²) in [6.07, 6.45) is 1.40. The van der Waals surface area contributed by atoms with Crippen LogP contribution in [-0.4, -0.2) is 12.1 Å². The third kappa shape index (κ3) is 2.72. The van der Waals surface area contributed by atoms with Crippen molar-refractivity contribution in [3.05, 3.63) is 63.9 Å². The van der Waals surface area contributed by atoms with Gasteiger partial charge in [-0.2, -0.15) is 0 Å².